The molecule has 2 fully saturated rings. The van der Waals surface area contributed by atoms with Crippen molar-refractivity contribution in [3.63, 3.8) is 0 Å². The third-order valence-corrected chi connectivity index (χ3v) is 6.16. The van der Waals surface area contributed by atoms with Gasteiger partial charge in [-0.1, -0.05) is 0 Å². The van der Waals surface area contributed by atoms with Crippen LogP contribution in [0.2, 0.25) is 0 Å². The van der Waals surface area contributed by atoms with E-state index in [1.807, 2.05) is 13.8 Å². The molecular formula is C13H27N3O3S. The first-order chi connectivity index (χ1) is 9.29. The quantitative estimate of drug-likeness (QED) is 0.782. The number of hydrogen-bond acceptors (Lipinski definition) is 5. The van der Waals surface area contributed by atoms with Gasteiger partial charge in [0.1, 0.15) is 0 Å². The van der Waals surface area contributed by atoms with Crippen LogP contribution in [0.5, 0.6) is 0 Å². The van der Waals surface area contributed by atoms with Gasteiger partial charge in [0.2, 0.25) is 10.0 Å². The molecule has 0 amide bonds. The first-order valence-electron chi connectivity index (χ1n) is 7.37. The lowest BCUT2D eigenvalue weighted by Crippen LogP contribution is -2.54. The maximum Gasteiger partial charge on any atom is 0.218 e. The molecule has 2 N–H and O–H groups in total. The number of rotatable bonds is 4. The number of nitrogens with zero attached hydrogens (tertiary/aromatic N) is 2. The number of sulfonamides is 1. The fourth-order valence-corrected chi connectivity index (χ4v) is 4.93. The highest BCUT2D eigenvalue weighted by Crippen LogP contribution is 2.22. The molecule has 2 aliphatic heterocycles. The van der Waals surface area contributed by atoms with Crippen molar-refractivity contribution in [2.75, 3.05) is 45.9 Å². The van der Waals surface area contributed by atoms with Crippen molar-refractivity contribution in [3.05, 3.63) is 0 Å². The molecule has 2 rings (SSSR count). The Kier molecular flexibility index (Phi) is 5.07. The molecule has 1 atom stereocenters. The van der Waals surface area contributed by atoms with E-state index in [0.29, 0.717) is 32.8 Å². The van der Waals surface area contributed by atoms with Crippen molar-refractivity contribution in [1.29, 1.82) is 0 Å². The molecule has 0 radical (unpaired) electrons. The van der Waals surface area contributed by atoms with Gasteiger partial charge >= 0.3 is 0 Å². The summed E-state index contributed by atoms with van der Waals surface area (Å²) in [6.45, 7) is 8.22. The van der Waals surface area contributed by atoms with Gasteiger partial charge in [0, 0.05) is 31.7 Å². The van der Waals surface area contributed by atoms with E-state index < -0.39 is 10.0 Å². The highest BCUT2D eigenvalue weighted by molar-refractivity contribution is 7.89. The van der Waals surface area contributed by atoms with Crippen LogP contribution >= 0.6 is 0 Å². The Bertz CT molecular complexity index is 413. The van der Waals surface area contributed by atoms with E-state index in [9.17, 15) is 8.42 Å². The molecule has 118 valence electrons. The number of likely N-dealkylation sites (tertiary alicyclic amines) is 1. The van der Waals surface area contributed by atoms with Crippen molar-refractivity contribution in [3.8, 4) is 0 Å². The fraction of sp³-hybridized carbons (Fsp3) is 1.00. The maximum absolute atomic E-state index is 12.7. The molecule has 0 aromatic rings. The Balaban J connectivity index is 2.00. The number of piperidine rings is 1. The summed E-state index contributed by atoms with van der Waals surface area (Å²) in [7, 11) is -3.20. The van der Waals surface area contributed by atoms with Gasteiger partial charge in [-0.05, 0) is 33.2 Å². The second kappa shape index (κ2) is 6.27. The van der Waals surface area contributed by atoms with Crippen LogP contribution in [-0.2, 0) is 14.8 Å². The summed E-state index contributed by atoms with van der Waals surface area (Å²) in [5, 5.41) is -0.295. The van der Waals surface area contributed by atoms with Crippen molar-refractivity contribution >= 4 is 10.0 Å². The second-order valence-electron chi connectivity index (χ2n) is 6.54. The third kappa shape index (κ3) is 4.14. The zero-order valence-corrected chi connectivity index (χ0v) is 13.4. The van der Waals surface area contributed by atoms with Gasteiger partial charge in [-0.2, -0.15) is 4.31 Å². The van der Waals surface area contributed by atoms with Gasteiger partial charge in [-0.25, -0.2) is 8.42 Å². The minimum Gasteiger partial charge on any atom is -0.379 e. The first-order valence-corrected chi connectivity index (χ1v) is 8.87. The molecule has 6 nitrogen and oxygen atoms in total. The Morgan fingerprint density at radius 3 is 2.50 bits per heavy atom. The van der Waals surface area contributed by atoms with Crippen molar-refractivity contribution in [2.24, 2.45) is 5.73 Å². The Morgan fingerprint density at radius 1 is 1.25 bits per heavy atom. The van der Waals surface area contributed by atoms with E-state index in [-0.39, 0.29) is 10.8 Å². The van der Waals surface area contributed by atoms with Crippen LogP contribution in [0, 0.1) is 0 Å². The average Bonchev–Trinajstić information content (AvgIpc) is 2.38. The predicted molar refractivity (Wildman–Crippen MR) is 79.0 cm³/mol. The summed E-state index contributed by atoms with van der Waals surface area (Å²) in [5.41, 5.74) is 5.76. The number of ether oxygens (including phenoxy) is 1. The van der Waals surface area contributed by atoms with E-state index in [1.165, 1.54) is 0 Å². The molecular weight excluding hydrogens is 278 g/mol. The number of nitrogens with two attached hydrogens (primary N) is 1. The Hall–Kier alpha value is -0.210. The van der Waals surface area contributed by atoms with E-state index in [2.05, 4.69) is 4.90 Å². The molecule has 0 aromatic carbocycles. The van der Waals surface area contributed by atoms with Gasteiger partial charge < -0.3 is 15.4 Å². The zero-order valence-electron chi connectivity index (χ0n) is 12.5. The summed E-state index contributed by atoms with van der Waals surface area (Å²) in [5.74, 6) is 0. The Labute approximate surface area is 122 Å². The second-order valence-corrected chi connectivity index (χ2v) is 8.76. The average molecular weight is 305 g/mol. The van der Waals surface area contributed by atoms with Crippen LogP contribution in [-0.4, -0.2) is 74.3 Å². The van der Waals surface area contributed by atoms with Gasteiger partial charge in [0.25, 0.3) is 0 Å². The van der Waals surface area contributed by atoms with Gasteiger partial charge in [-0.15, -0.1) is 0 Å². The standard InChI is InChI=1S/C13H27N3O3S/c1-13(2,14)11-15-5-3-4-12(10-15)20(17,18)16-6-8-19-9-7-16/h12H,3-11,14H2,1-2H3. The molecule has 0 aromatic heterocycles. The summed E-state index contributed by atoms with van der Waals surface area (Å²) in [4.78, 5) is 2.19. The minimum absolute atomic E-state index is 0.287. The van der Waals surface area contributed by atoms with Crippen LogP contribution < -0.4 is 5.73 Å². The molecule has 2 saturated heterocycles. The molecule has 20 heavy (non-hydrogen) atoms. The Morgan fingerprint density at radius 2 is 1.90 bits per heavy atom. The molecule has 7 heteroatoms. The van der Waals surface area contributed by atoms with Gasteiger partial charge in [0.05, 0.1) is 18.5 Å². The molecule has 2 aliphatic rings. The van der Waals surface area contributed by atoms with Crippen molar-refractivity contribution in [2.45, 2.75) is 37.5 Å². The van der Waals surface area contributed by atoms with Crippen molar-refractivity contribution in [1.82, 2.24) is 9.21 Å². The highest BCUT2D eigenvalue weighted by Gasteiger charge is 2.36. The lowest BCUT2D eigenvalue weighted by molar-refractivity contribution is 0.0718. The zero-order chi connectivity index (χ0) is 14.8. The predicted octanol–water partition coefficient (Wildman–Crippen LogP) is -0.150. The largest absolute Gasteiger partial charge is 0.379 e. The molecule has 1 unspecified atom stereocenters. The van der Waals surface area contributed by atoms with E-state index in [4.69, 9.17) is 10.5 Å². The maximum atomic E-state index is 12.7. The van der Waals surface area contributed by atoms with Crippen LogP contribution in [0.1, 0.15) is 26.7 Å². The summed E-state index contributed by atoms with van der Waals surface area (Å²) >= 11 is 0. The summed E-state index contributed by atoms with van der Waals surface area (Å²) in [6, 6.07) is 0. The lowest BCUT2D eigenvalue weighted by Gasteiger charge is -2.38. The number of hydrogen-bond donors (Lipinski definition) is 1. The van der Waals surface area contributed by atoms with Crippen LogP contribution in [0.15, 0.2) is 0 Å². The smallest absolute Gasteiger partial charge is 0.218 e. The summed E-state index contributed by atoms with van der Waals surface area (Å²) < 4.78 is 32.2. The molecule has 0 bridgehead atoms. The summed E-state index contributed by atoms with van der Waals surface area (Å²) in [6.07, 6.45) is 1.67. The molecule has 0 spiro atoms. The highest BCUT2D eigenvalue weighted by atomic mass is 32.2. The SMILES string of the molecule is CC(C)(N)CN1CCCC(S(=O)(=O)N2CCOCC2)C1. The van der Waals surface area contributed by atoms with E-state index >= 15 is 0 Å². The van der Waals surface area contributed by atoms with Crippen molar-refractivity contribution < 1.29 is 13.2 Å². The minimum atomic E-state index is -3.20. The third-order valence-electron chi connectivity index (χ3n) is 3.84. The van der Waals surface area contributed by atoms with Crippen LogP contribution in [0.25, 0.3) is 0 Å². The first kappa shape index (κ1) is 16.2. The van der Waals surface area contributed by atoms with Gasteiger partial charge in [-0.3, -0.25) is 0 Å². The monoisotopic (exact) mass is 305 g/mol. The van der Waals surface area contributed by atoms with Crippen LogP contribution in [0.4, 0.5) is 0 Å². The molecule has 0 aliphatic carbocycles. The molecule has 2 heterocycles. The van der Waals surface area contributed by atoms with Crippen LogP contribution in [0.3, 0.4) is 0 Å². The fourth-order valence-electron chi connectivity index (χ4n) is 2.99. The normalized spacial score (nSPS) is 27.6. The topological polar surface area (TPSA) is 75.9 Å². The number of morpholine rings is 1. The lowest BCUT2D eigenvalue weighted by atomic mass is 10.0. The van der Waals surface area contributed by atoms with E-state index in [1.54, 1.807) is 4.31 Å². The molecule has 0 saturated carbocycles. The van der Waals surface area contributed by atoms with Gasteiger partial charge in [0.15, 0.2) is 0 Å². The van der Waals surface area contributed by atoms with E-state index in [0.717, 1.165) is 25.9 Å².